The molecule has 1 amide bonds. The number of rotatable bonds is 4. The Labute approximate surface area is 146 Å². The first-order valence-electron chi connectivity index (χ1n) is 7.42. The minimum absolute atomic E-state index is 0.295. The minimum Gasteiger partial charge on any atom is -0.317 e. The Morgan fingerprint density at radius 2 is 2.28 bits per heavy atom. The van der Waals surface area contributed by atoms with Crippen molar-refractivity contribution >= 4 is 22.9 Å². The summed E-state index contributed by atoms with van der Waals surface area (Å²) in [5.41, 5.74) is 3.08. The number of amides is 1. The van der Waals surface area contributed by atoms with Crippen LogP contribution in [0.15, 0.2) is 48.4 Å². The molecule has 0 aromatic carbocycles. The molecule has 0 fully saturated rings. The molecule has 4 aromatic heterocycles. The highest BCUT2D eigenvalue weighted by Crippen LogP contribution is 2.26. The van der Waals surface area contributed by atoms with E-state index in [0.29, 0.717) is 22.8 Å². The number of aromatic amines is 1. The SMILES string of the molecule is Cn1cc(NC(=O)c2csc(-c3cn[nH]c3)n2)c(-c2ccccn2)n1. The van der Waals surface area contributed by atoms with E-state index in [9.17, 15) is 4.79 Å². The summed E-state index contributed by atoms with van der Waals surface area (Å²) in [7, 11) is 1.79. The predicted molar refractivity (Wildman–Crippen MR) is 94.1 cm³/mol. The summed E-state index contributed by atoms with van der Waals surface area (Å²) in [6.45, 7) is 0. The number of aryl methyl sites for hydroxylation is 1. The smallest absolute Gasteiger partial charge is 0.275 e. The van der Waals surface area contributed by atoms with Crippen molar-refractivity contribution in [2.75, 3.05) is 5.32 Å². The number of carbonyl (C=O) groups is 1. The third kappa shape index (κ3) is 3.04. The van der Waals surface area contributed by atoms with Gasteiger partial charge in [0.15, 0.2) is 0 Å². The Morgan fingerprint density at radius 1 is 1.36 bits per heavy atom. The van der Waals surface area contributed by atoms with Gasteiger partial charge in [0.1, 0.15) is 16.4 Å². The van der Waals surface area contributed by atoms with Crippen molar-refractivity contribution in [1.29, 1.82) is 0 Å². The van der Waals surface area contributed by atoms with E-state index in [2.05, 4.69) is 30.6 Å². The highest BCUT2D eigenvalue weighted by atomic mass is 32.1. The lowest BCUT2D eigenvalue weighted by molar-refractivity contribution is 0.102. The van der Waals surface area contributed by atoms with E-state index in [1.54, 1.807) is 41.9 Å². The van der Waals surface area contributed by atoms with Gasteiger partial charge in [-0.05, 0) is 12.1 Å². The third-order valence-electron chi connectivity index (χ3n) is 3.47. The van der Waals surface area contributed by atoms with Crippen LogP contribution in [0.4, 0.5) is 5.69 Å². The zero-order chi connectivity index (χ0) is 17.2. The van der Waals surface area contributed by atoms with Gasteiger partial charge in [0.25, 0.3) is 5.91 Å². The Bertz CT molecular complexity index is 1000. The highest BCUT2D eigenvalue weighted by molar-refractivity contribution is 7.13. The molecule has 0 atom stereocenters. The number of nitrogens with zero attached hydrogens (tertiary/aromatic N) is 5. The number of anilines is 1. The van der Waals surface area contributed by atoms with E-state index in [-0.39, 0.29) is 5.91 Å². The van der Waals surface area contributed by atoms with Crippen LogP contribution < -0.4 is 5.32 Å². The average Bonchev–Trinajstić information content (AvgIpc) is 3.36. The largest absolute Gasteiger partial charge is 0.317 e. The van der Waals surface area contributed by atoms with Crippen LogP contribution in [0.1, 0.15) is 10.5 Å². The van der Waals surface area contributed by atoms with Crippen LogP contribution in [0, 0.1) is 0 Å². The molecule has 25 heavy (non-hydrogen) atoms. The fourth-order valence-electron chi connectivity index (χ4n) is 2.34. The standard InChI is InChI=1S/C16H13N7OS/c1-23-8-12(14(22-23)11-4-2-3-5-17-11)20-15(24)13-9-25-16(21-13)10-6-18-19-7-10/h2-9H,1H3,(H,18,19)(H,20,24). The number of thiazole rings is 1. The van der Waals surface area contributed by atoms with Gasteiger partial charge in [-0.1, -0.05) is 6.07 Å². The highest BCUT2D eigenvalue weighted by Gasteiger charge is 2.17. The Morgan fingerprint density at radius 3 is 3.04 bits per heavy atom. The van der Waals surface area contributed by atoms with Crippen molar-refractivity contribution in [3.8, 4) is 22.0 Å². The summed E-state index contributed by atoms with van der Waals surface area (Å²) < 4.78 is 1.64. The molecule has 4 aromatic rings. The molecular weight excluding hydrogens is 338 g/mol. The van der Waals surface area contributed by atoms with E-state index in [1.165, 1.54) is 11.3 Å². The lowest BCUT2D eigenvalue weighted by Crippen LogP contribution is -2.12. The second-order valence-electron chi connectivity index (χ2n) is 5.26. The first-order valence-corrected chi connectivity index (χ1v) is 8.30. The summed E-state index contributed by atoms with van der Waals surface area (Å²) in [6, 6.07) is 5.55. The van der Waals surface area contributed by atoms with Crippen LogP contribution in [0.3, 0.4) is 0 Å². The van der Waals surface area contributed by atoms with E-state index in [1.807, 2.05) is 18.2 Å². The summed E-state index contributed by atoms with van der Waals surface area (Å²) >= 11 is 1.39. The molecule has 4 rings (SSSR count). The molecule has 0 aliphatic rings. The van der Waals surface area contributed by atoms with E-state index < -0.39 is 0 Å². The van der Waals surface area contributed by atoms with Gasteiger partial charge in [-0.15, -0.1) is 11.3 Å². The number of aromatic nitrogens is 6. The molecule has 124 valence electrons. The quantitative estimate of drug-likeness (QED) is 0.588. The van der Waals surface area contributed by atoms with Gasteiger partial charge in [0, 0.05) is 36.6 Å². The van der Waals surface area contributed by atoms with E-state index in [4.69, 9.17) is 0 Å². The number of hydrogen-bond acceptors (Lipinski definition) is 6. The molecule has 0 spiro atoms. The van der Waals surface area contributed by atoms with Gasteiger partial charge in [0.05, 0.1) is 17.6 Å². The van der Waals surface area contributed by atoms with Crippen LogP contribution >= 0.6 is 11.3 Å². The molecule has 0 saturated carbocycles. The first-order chi connectivity index (χ1) is 12.2. The second-order valence-corrected chi connectivity index (χ2v) is 6.12. The molecule has 0 unspecified atom stereocenters. The van der Waals surface area contributed by atoms with Crippen molar-refractivity contribution in [3.05, 3.63) is 54.1 Å². The predicted octanol–water partition coefficient (Wildman–Crippen LogP) is 2.58. The molecule has 9 heteroatoms. The average molecular weight is 351 g/mol. The van der Waals surface area contributed by atoms with Crippen LogP contribution in [-0.4, -0.2) is 35.9 Å². The van der Waals surface area contributed by atoms with E-state index in [0.717, 1.165) is 10.6 Å². The van der Waals surface area contributed by atoms with Crippen LogP contribution in [0.2, 0.25) is 0 Å². The molecule has 8 nitrogen and oxygen atoms in total. The fourth-order valence-corrected chi connectivity index (χ4v) is 3.12. The maximum absolute atomic E-state index is 12.5. The summed E-state index contributed by atoms with van der Waals surface area (Å²) in [6.07, 6.45) is 6.83. The molecule has 0 bridgehead atoms. The lowest BCUT2D eigenvalue weighted by Gasteiger charge is -2.03. The summed E-state index contributed by atoms with van der Waals surface area (Å²) in [4.78, 5) is 21.2. The molecule has 4 heterocycles. The van der Waals surface area contributed by atoms with Gasteiger partial charge < -0.3 is 5.32 Å². The maximum atomic E-state index is 12.5. The zero-order valence-corrected chi connectivity index (χ0v) is 14.0. The lowest BCUT2D eigenvalue weighted by atomic mass is 10.2. The Kier molecular flexibility index (Phi) is 3.82. The van der Waals surface area contributed by atoms with Crippen molar-refractivity contribution in [2.45, 2.75) is 0 Å². The van der Waals surface area contributed by atoms with E-state index >= 15 is 0 Å². The normalized spacial score (nSPS) is 10.8. The van der Waals surface area contributed by atoms with Gasteiger partial charge >= 0.3 is 0 Å². The third-order valence-corrected chi connectivity index (χ3v) is 4.36. The second kappa shape index (κ2) is 6.29. The van der Waals surface area contributed by atoms with Crippen molar-refractivity contribution in [1.82, 2.24) is 29.9 Å². The first kappa shape index (κ1) is 15.2. The maximum Gasteiger partial charge on any atom is 0.275 e. The molecular formula is C16H13N7OS. The fraction of sp³-hybridized carbons (Fsp3) is 0.0625. The zero-order valence-electron chi connectivity index (χ0n) is 13.2. The molecule has 0 aliphatic carbocycles. The molecule has 0 aliphatic heterocycles. The Balaban J connectivity index is 1.60. The monoisotopic (exact) mass is 351 g/mol. The molecule has 2 N–H and O–H groups in total. The van der Waals surface area contributed by atoms with Gasteiger partial charge in [-0.2, -0.15) is 10.2 Å². The number of nitrogens with one attached hydrogen (secondary N) is 2. The summed E-state index contributed by atoms with van der Waals surface area (Å²) in [5, 5.41) is 16.3. The number of carbonyl (C=O) groups excluding carboxylic acids is 1. The van der Waals surface area contributed by atoms with Crippen molar-refractivity contribution < 1.29 is 4.79 Å². The van der Waals surface area contributed by atoms with Crippen LogP contribution in [-0.2, 0) is 7.05 Å². The van der Waals surface area contributed by atoms with Crippen molar-refractivity contribution in [2.24, 2.45) is 7.05 Å². The van der Waals surface area contributed by atoms with Gasteiger partial charge in [-0.3, -0.25) is 19.6 Å². The minimum atomic E-state index is -0.295. The van der Waals surface area contributed by atoms with Gasteiger partial charge in [0.2, 0.25) is 0 Å². The molecule has 0 radical (unpaired) electrons. The number of hydrogen-bond donors (Lipinski definition) is 2. The number of pyridine rings is 1. The Hall–Kier alpha value is -3.33. The topological polar surface area (TPSA) is 101 Å². The van der Waals surface area contributed by atoms with Crippen molar-refractivity contribution in [3.63, 3.8) is 0 Å². The number of H-pyrrole nitrogens is 1. The van der Waals surface area contributed by atoms with Crippen LogP contribution in [0.5, 0.6) is 0 Å². The van der Waals surface area contributed by atoms with Gasteiger partial charge in [-0.25, -0.2) is 4.98 Å². The molecule has 0 saturated heterocycles. The van der Waals surface area contributed by atoms with Crippen LogP contribution in [0.25, 0.3) is 22.0 Å². The summed E-state index contributed by atoms with van der Waals surface area (Å²) in [5.74, 6) is -0.295.